The molecule has 1 aromatic heterocycles. The number of hydrogen-bond donors (Lipinski definition) is 1. The van der Waals surface area contributed by atoms with Crippen LogP contribution in [0.2, 0.25) is 0 Å². The lowest BCUT2D eigenvalue weighted by atomic mass is 9.95. The van der Waals surface area contributed by atoms with Crippen LogP contribution in [-0.2, 0) is 4.79 Å². The van der Waals surface area contributed by atoms with Crippen LogP contribution in [0.4, 0.5) is 4.39 Å². The number of aromatic amines is 1. The highest BCUT2D eigenvalue weighted by Crippen LogP contribution is 2.27. The van der Waals surface area contributed by atoms with Gasteiger partial charge in [0.1, 0.15) is 11.6 Å². The molecule has 6 heteroatoms. The van der Waals surface area contributed by atoms with Gasteiger partial charge in [-0.1, -0.05) is 13.8 Å². The first-order chi connectivity index (χ1) is 11.0. The maximum atomic E-state index is 13.0. The van der Waals surface area contributed by atoms with E-state index < -0.39 is 0 Å². The van der Waals surface area contributed by atoms with Crippen molar-refractivity contribution in [3.8, 4) is 11.4 Å². The number of nitrogens with zero attached hydrogens (tertiary/aromatic N) is 3. The number of nitrogens with one attached hydrogen (secondary N) is 1. The van der Waals surface area contributed by atoms with E-state index in [2.05, 4.69) is 15.2 Å². The summed E-state index contributed by atoms with van der Waals surface area (Å²) in [5.74, 6) is 1.70. The molecule has 122 valence electrons. The highest BCUT2D eigenvalue weighted by atomic mass is 19.1. The van der Waals surface area contributed by atoms with Gasteiger partial charge in [-0.05, 0) is 37.1 Å². The molecule has 0 aliphatic carbocycles. The van der Waals surface area contributed by atoms with Crippen molar-refractivity contribution in [2.24, 2.45) is 5.92 Å². The van der Waals surface area contributed by atoms with Gasteiger partial charge in [0.2, 0.25) is 5.91 Å². The fourth-order valence-corrected chi connectivity index (χ4v) is 2.92. The number of carbonyl (C=O) groups excluding carboxylic acids is 1. The van der Waals surface area contributed by atoms with Gasteiger partial charge >= 0.3 is 0 Å². The smallest absolute Gasteiger partial charge is 0.225 e. The zero-order valence-corrected chi connectivity index (χ0v) is 13.4. The highest BCUT2D eigenvalue weighted by molar-refractivity contribution is 5.78. The first kappa shape index (κ1) is 15.6. The van der Waals surface area contributed by atoms with E-state index in [1.54, 1.807) is 12.1 Å². The Kier molecular flexibility index (Phi) is 4.41. The fourth-order valence-electron chi connectivity index (χ4n) is 2.92. The van der Waals surface area contributed by atoms with Crippen LogP contribution >= 0.6 is 0 Å². The molecule has 1 aliphatic rings. The summed E-state index contributed by atoms with van der Waals surface area (Å²) < 4.78 is 13.0. The minimum Gasteiger partial charge on any atom is -0.342 e. The molecule has 0 unspecified atom stereocenters. The van der Waals surface area contributed by atoms with Gasteiger partial charge in [-0.15, -0.1) is 0 Å². The Hall–Kier alpha value is -2.24. The minimum atomic E-state index is -0.272. The summed E-state index contributed by atoms with van der Waals surface area (Å²) in [6.07, 6.45) is 1.77. The number of benzene rings is 1. The molecular weight excluding hydrogens is 295 g/mol. The maximum Gasteiger partial charge on any atom is 0.225 e. The zero-order valence-electron chi connectivity index (χ0n) is 13.4. The van der Waals surface area contributed by atoms with Crippen molar-refractivity contribution in [2.45, 2.75) is 32.6 Å². The molecule has 5 nitrogen and oxygen atoms in total. The fraction of sp³-hybridized carbons (Fsp3) is 0.471. The van der Waals surface area contributed by atoms with E-state index in [-0.39, 0.29) is 23.6 Å². The average molecular weight is 316 g/mol. The molecule has 1 saturated heterocycles. The molecule has 0 atom stereocenters. The number of rotatable bonds is 3. The molecule has 3 rings (SSSR count). The van der Waals surface area contributed by atoms with Crippen LogP contribution in [-0.4, -0.2) is 39.1 Å². The third-order valence-electron chi connectivity index (χ3n) is 4.29. The van der Waals surface area contributed by atoms with Crippen LogP contribution in [0.3, 0.4) is 0 Å². The Bertz CT molecular complexity index is 672. The van der Waals surface area contributed by atoms with Crippen molar-refractivity contribution in [3.05, 3.63) is 35.9 Å². The third kappa shape index (κ3) is 3.41. The number of carbonyl (C=O) groups is 1. The largest absolute Gasteiger partial charge is 0.342 e. The Morgan fingerprint density at radius 3 is 2.52 bits per heavy atom. The quantitative estimate of drug-likeness (QED) is 0.947. The number of likely N-dealkylation sites (tertiary alicyclic amines) is 1. The SMILES string of the molecule is CC(C)C(=O)N1CCC(c2nc(-c3ccc(F)cc3)n[nH]2)CC1. The van der Waals surface area contributed by atoms with Gasteiger partial charge in [-0.3, -0.25) is 9.89 Å². The predicted octanol–water partition coefficient (Wildman–Crippen LogP) is 2.97. The molecule has 1 aliphatic heterocycles. The molecule has 0 radical (unpaired) electrons. The number of piperidine rings is 1. The molecule has 1 fully saturated rings. The van der Waals surface area contributed by atoms with Gasteiger partial charge in [0.25, 0.3) is 0 Å². The molecule has 1 N–H and O–H groups in total. The molecule has 0 spiro atoms. The first-order valence-electron chi connectivity index (χ1n) is 8.01. The maximum absolute atomic E-state index is 13.0. The van der Waals surface area contributed by atoms with Gasteiger partial charge in [-0.2, -0.15) is 5.10 Å². The van der Waals surface area contributed by atoms with E-state index in [0.717, 1.165) is 37.3 Å². The molecule has 0 bridgehead atoms. The second-order valence-electron chi connectivity index (χ2n) is 6.31. The molecule has 0 saturated carbocycles. The molecule has 2 aromatic rings. The number of H-pyrrole nitrogens is 1. The summed E-state index contributed by atoms with van der Waals surface area (Å²) in [6.45, 7) is 5.38. The van der Waals surface area contributed by atoms with Crippen LogP contribution in [0.5, 0.6) is 0 Å². The third-order valence-corrected chi connectivity index (χ3v) is 4.29. The summed E-state index contributed by atoms with van der Waals surface area (Å²) in [5, 5.41) is 7.23. The standard InChI is InChI=1S/C17H21FN4O/c1-11(2)17(23)22-9-7-13(8-10-22)16-19-15(20-21-16)12-3-5-14(18)6-4-12/h3-6,11,13H,7-10H2,1-2H3,(H,19,20,21). The van der Waals surface area contributed by atoms with Crippen molar-refractivity contribution in [2.75, 3.05) is 13.1 Å². The molecule has 2 heterocycles. The van der Waals surface area contributed by atoms with Crippen LogP contribution < -0.4 is 0 Å². The number of hydrogen-bond acceptors (Lipinski definition) is 3. The van der Waals surface area contributed by atoms with Crippen LogP contribution in [0.1, 0.15) is 38.4 Å². The van der Waals surface area contributed by atoms with Crippen LogP contribution in [0, 0.1) is 11.7 Å². The number of amides is 1. The predicted molar refractivity (Wildman–Crippen MR) is 85.2 cm³/mol. The van der Waals surface area contributed by atoms with Crippen molar-refractivity contribution in [1.82, 2.24) is 20.1 Å². The second kappa shape index (κ2) is 6.48. The highest BCUT2D eigenvalue weighted by Gasteiger charge is 2.27. The summed E-state index contributed by atoms with van der Waals surface area (Å²) >= 11 is 0. The van der Waals surface area contributed by atoms with Crippen molar-refractivity contribution < 1.29 is 9.18 Å². The van der Waals surface area contributed by atoms with Gasteiger partial charge in [0.05, 0.1) is 0 Å². The zero-order chi connectivity index (χ0) is 16.4. The van der Waals surface area contributed by atoms with Gasteiger partial charge in [-0.25, -0.2) is 9.37 Å². The van der Waals surface area contributed by atoms with Gasteiger partial charge in [0.15, 0.2) is 5.82 Å². The Labute approximate surface area is 134 Å². The number of aromatic nitrogens is 3. The summed E-state index contributed by atoms with van der Waals surface area (Å²) in [4.78, 5) is 18.5. The normalized spacial score (nSPS) is 16.1. The van der Waals surface area contributed by atoms with Crippen molar-refractivity contribution >= 4 is 5.91 Å². The lowest BCUT2D eigenvalue weighted by Crippen LogP contribution is -2.40. The van der Waals surface area contributed by atoms with E-state index >= 15 is 0 Å². The Morgan fingerprint density at radius 1 is 1.26 bits per heavy atom. The van der Waals surface area contributed by atoms with Crippen LogP contribution in [0.15, 0.2) is 24.3 Å². The lowest BCUT2D eigenvalue weighted by Gasteiger charge is -2.32. The van der Waals surface area contributed by atoms with Crippen molar-refractivity contribution in [3.63, 3.8) is 0 Å². The monoisotopic (exact) mass is 316 g/mol. The summed E-state index contributed by atoms with van der Waals surface area (Å²) in [5.41, 5.74) is 0.793. The summed E-state index contributed by atoms with van der Waals surface area (Å²) in [7, 11) is 0. The van der Waals surface area contributed by atoms with Crippen molar-refractivity contribution in [1.29, 1.82) is 0 Å². The average Bonchev–Trinajstić information content (AvgIpc) is 3.05. The van der Waals surface area contributed by atoms with E-state index in [1.807, 2.05) is 18.7 Å². The van der Waals surface area contributed by atoms with Gasteiger partial charge in [0, 0.05) is 30.5 Å². The van der Waals surface area contributed by atoms with E-state index in [1.165, 1.54) is 12.1 Å². The topological polar surface area (TPSA) is 61.9 Å². The Morgan fingerprint density at radius 2 is 1.91 bits per heavy atom. The molecule has 23 heavy (non-hydrogen) atoms. The van der Waals surface area contributed by atoms with E-state index in [9.17, 15) is 9.18 Å². The Balaban J connectivity index is 1.66. The van der Waals surface area contributed by atoms with E-state index in [4.69, 9.17) is 0 Å². The summed E-state index contributed by atoms with van der Waals surface area (Å²) in [6, 6.07) is 6.15. The molecule has 1 aromatic carbocycles. The molecule has 1 amide bonds. The van der Waals surface area contributed by atoms with Gasteiger partial charge < -0.3 is 4.90 Å². The minimum absolute atomic E-state index is 0.0434. The first-order valence-corrected chi connectivity index (χ1v) is 8.01. The van der Waals surface area contributed by atoms with E-state index in [0.29, 0.717) is 5.82 Å². The molecular formula is C17H21FN4O. The lowest BCUT2D eigenvalue weighted by molar-refractivity contribution is -0.135. The second-order valence-corrected chi connectivity index (χ2v) is 6.31. The number of halogens is 1. The van der Waals surface area contributed by atoms with Crippen LogP contribution in [0.25, 0.3) is 11.4 Å².